The average molecular weight is 271 g/mol. The maximum atomic E-state index is 13.6. The Morgan fingerprint density at radius 3 is 2.75 bits per heavy atom. The number of fused-ring (bicyclic) bond motifs is 1. The molecule has 0 bridgehead atoms. The van der Waals surface area contributed by atoms with E-state index in [-0.39, 0.29) is 6.54 Å². The van der Waals surface area contributed by atoms with Gasteiger partial charge in [0.15, 0.2) is 5.82 Å². The molecule has 20 heavy (non-hydrogen) atoms. The molecule has 2 aromatic carbocycles. The topological polar surface area (TPSA) is 37.8 Å². The Kier molecular flexibility index (Phi) is 3.25. The first-order valence-electron chi connectivity index (χ1n) is 6.12. The van der Waals surface area contributed by atoms with Crippen molar-refractivity contribution >= 4 is 16.6 Å². The van der Waals surface area contributed by atoms with E-state index in [4.69, 9.17) is 0 Å². The minimum absolute atomic E-state index is 0.217. The number of aromatic nitrogens is 2. The lowest BCUT2D eigenvalue weighted by Crippen LogP contribution is -2.05. The van der Waals surface area contributed by atoms with E-state index in [9.17, 15) is 8.78 Å². The summed E-state index contributed by atoms with van der Waals surface area (Å²) in [6.45, 7) is 0.217. The summed E-state index contributed by atoms with van der Waals surface area (Å²) in [5.74, 6) is -0.589. The molecule has 0 fully saturated rings. The van der Waals surface area contributed by atoms with Gasteiger partial charge in [-0.2, -0.15) is 5.10 Å². The zero-order valence-corrected chi connectivity index (χ0v) is 10.5. The van der Waals surface area contributed by atoms with Gasteiger partial charge in [-0.3, -0.25) is 0 Å². The lowest BCUT2D eigenvalue weighted by atomic mass is 10.2. The lowest BCUT2D eigenvalue weighted by molar-refractivity contribution is 0.574. The van der Waals surface area contributed by atoms with E-state index in [1.807, 2.05) is 24.3 Å². The summed E-state index contributed by atoms with van der Waals surface area (Å²) in [5, 5.41) is 12.8. The fourth-order valence-electron chi connectivity index (χ4n) is 2.00. The Labute approximate surface area is 114 Å². The van der Waals surface area contributed by atoms with Crippen molar-refractivity contribution in [2.24, 2.45) is 0 Å². The predicted octanol–water partition coefficient (Wildman–Crippen LogP) is 3.52. The Morgan fingerprint density at radius 2 is 1.90 bits per heavy atom. The van der Waals surface area contributed by atoms with Crippen molar-refractivity contribution in [2.75, 3.05) is 5.32 Å². The number of benzene rings is 2. The molecule has 3 nitrogen and oxygen atoms in total. The van der Waals surface area contributed by atoms with Crippen molar-refractivity contribution < 1.29 is 8.78 Å². The van der Waals surface area contributed by atoms with E-state index >= 15 is 0 Å². The lowest BCUT2D eigenvalue weighted by Gasteiger charge is -2.08. The molecule has 0 radical (unpaired) electrons. The first kappa shape index (κ1) is 12.5. The number of nitrogens with one attached hydrogen (secondary N) is 1. The molecule has 1 heterocycles. The molecule has 1 aromatic heterocycles. The van der Waals surface area contributed by atoms with Gasteiger partial charge in [-0.25, -0.2) is 8.78 Å². The minimum atomic E-state index is -0.587. The maximum absolute atomic E-state index is 13.6. The molecule has 1 N–H and O–H groups in total. The molecule has 0 saturated carbocycles. The van der Waals surface area contributed by atoms with E-state index in [0.29, 0.717) is 11.4 Å². The summed E-state index contributed by atoms with van der Waals surface area (Å²) in [4.78, 5) is 0. The molecular weight excluding hydrogens is 260 g/mol. The Hall–Kier alpha value is -2.56. The molecular formula is C15H11F2N3. The van der Waals surface area contributed by atoms with Crippen molar-refractivity contribution in [3.63, 3.8) is 0 Å². The van der Waals surface area contributed by atoms with Crippen LogP contribution in [0.15, 0.2) is 48.7 Å². The Balaban J connectivity index is 1.87. The van der Waals surface area contributed by atoms with Crippen molar-refractivity contribution in [3.8, 4) is 0 Å². The highest BCUT2D eigenvalue weighted by atomic mass is 19.1. The third-order valence-electron chi connectivity index (χ3n) is 3.03. The largest absolute Gasteiger partial charge is 0.364 e. The van der Waals surface area contributed by atoms with E-state index < -0.39 is 11.6 Å². The molecule has 5 heteroatoms. The maximum Gasteiger partial charge on any atom is 0.156 e. The van der Waals surface area contributed by atoms with Crippen LogP contribution in [0.1, 0.15) is 5.56 Å². The van der Waals surface area contributed by atoms with Crippen LogP contribution in [-0.4, -0.2) is 10.2 Å². The minimum Gasteiger partial charge on any atom is -0.364 e. The van der Waals surface area contributed by atoms with Gasteiger partial charge in [-0.05, 0) is 6.07 Å². The Morgan fingerprint density at radius 1 is 1.05 bits per heavy atom. The number of hydrogen-bond donors (Lipinski definition) is 1. The first-order valence-corrected chi connectivity index (χ1v) is 6.12. The second kappa shape index (κ2) is 5.21. The zero-order valence-electron chi connectivity index (χ0n) is 10.5. The van der Waals surface area contributed by atoms with Crippen LogP contribution in [0.25, 0.3) is 10.8 Å². The van der Waals surface area contributed by atoms with Gasteiger partial charge >= 0.3 is 0 Å². The van der Waals surface area contributed by atoms with Gasteiger partial charge in [-0.1, -0.05) is 30.3 Å². The van der Waals surface area contributed by atoms with Crippen LogP contribution in [-0.2, 0) is 6.54 Å². The monoisotopic (exact) mass is 271 g/mol. The first-order chi connectivity index (χ1) is 9.74. The van der Waals surface area contributed by atoms with Gasteiger partial charge in [0.05, 0.1) is 6.20 Å². The third-order valence-corrected chi connectivity index (χ3v) is 3.03. The van der Waals surface area contributed by atoms with Gasteiger partial charge in [0.1, 0.15) is 11.6 Å². The summed E-state index contributed by atoms with van der Waals surface area (Å²) in [6.07, 6.45) is 1.67. The molecule has 0 aliphatic heterocycles. The number of rotatable bonds is 3. The van der Waals surface area contributed by atoms with Crippen LogP contribution in [0.4, 0.5) is 14.6 Å². The van der Waals surface area contributed by atoms with Crippen LogP contribution in [0, 0.1) is 11.6 Å². The summed E-state index contributed by atoms with van der Waals surface area (Å²) in [7, 11) is 0. The average Bonchev–Trinajstić information content (AvgIpc) is 2.46. The van der Waals surface area contributed by atoms with Crippen LogP contribution < -0.4 is 5.32 Å². The second-order valence-electron chi connectivity index (χ2n) is 4.37. The SMILES string of the molecule is Fc1ccc(CNc2nncc3ccccc23)c(F)c1. The summed E-state index contributed by atoms with van der Waals surface area (Å²) in [6, 6.07) is 11.2. The fourth-order valence-corrected chi connectivity index (χ4v) is 2.00. The van der Waals surface area contributed by atoms with E-state index in [0.717, 1.165) is 16.8 Å². The number of hydrogen-bond acceptors (Lipinski definition) is 3. The quantitative estimate of drug-likeness (QED) is 0.792. The number of anilines is 1. The van der Waals surface area contributed by atoms with Crippen molar-refractivity contribution in [1.82, 2.24) is 10.2 Å². The Bertz CT molecular complexity index is 754. The third kappa shape index (κ3) is 2.42. The fraction of sp³-hybridized carbons (Fsp3) is 0.0667. The molecule has 0 spiro atoms. The van der Waals surface area contributed by atoms with Crippen LogP contribution >= 0.6 is 0 Å². The number of nitrogens with zero attached hydrogens (tertiary/aromatic N) is 2. The second-order valence-corrected chi connectivity index (χ2v) is 4.37. The summed E-state index contributed by atoms with van der Waals surface area (Å²) in [5.41, 5.74) is 0.376. The van der Waals surface area contributed by atoms with E-state index in [2.05, 4.69) is 15.5 Å². The summed E-state index contributed by atoms with van der Waals surface area (Å²) >= 11 is 0. The van der Waals surface area contributed by atoms with Gasteiger partial charge in [0, 0.05) is 28.9 Å². The number of halogens is 2. The smallest absolute Gasteiger partial charge is 0.156 e. The predicted molar refractivity (Wildman–Crippen MR) is 73.2 cm³/mol. The standard InChI is InChI=1S/C15H11F2N3/c16-12-6-5-11(14(17)7-12)8-18-15-13-4-2-1-3-10(13)9-19-20-15/h1-7,9H,8H2,(H,18,20). The molecule has 3 aromatic rings. The molecule has 0 atom stereocenters. The van der Waals surface area contributed by atoms with E-state index in [1.165, 1.54) is 12.1 Å². The summed E-state index contributed by atoms with van der Waals surface area (Å²) < 4.78 is 26.4. The van der Waals surface area contributed by atoms with E-state index in [1.54, 1.807) is 6.20 Å². The van der Waals surface area contributed by atoms with Crippen molar-refractivity contribution in [1.29, 1.82) is 0 Å². The van der Waals surface area contributed by atoms with Gasteiger partial charge in [-0.15, -0.1) is 5.10 Å². The van der Waals surface area contributed by atoms with Gasteiger partial charge in [0.25, 0.3) is 0 Å². The van der Waals surface area contributed by atoms with Crippen LogP contribution in [0.5, 0.6) is 0 Å². The van der Waals surface area contributed by atoms with Crippen LogP contribution in [0.2, 0.25) is 0 Å². The van der Waals surface area contributed by atoms with Gasteiger partial charge < -0.3 is 5.32 Å². The molecule has 0 unspecified atom stereocenters. The molecule has 3 rings (SSSR count). The van der Waals surface area contributed by atoms with Crippen LogP contribution in [0.3, 0.4) is 0 Å². The van der Waals surface area contributed by atoms with Crippen molar-refractivity contribution in [2.45, 2.75) is 6.54 Å². The molecule has 0 aliphatic rings. The van der Waals surface area contributed by atoms with Gasteiger partial charge in [0.2, 0.25) is 0 Å². The molecule has 0 amide bonds. The highest BCUT2D eigenvalue weighted by molar-refractivity contribution is 5.90. The normalized spacial score (nSPS) is 10.7. The molecule has 100 valence electrons. The molecule has 0 saturated heterocycles. The highest BCUT2D eigenvalue weighted by Gasteiger charge is 2.06. The highest BCUT2D eigenvalue weighted by Crippen LogP contribution is 2.20. The molecule has 0 aliphatic carbocycles. The van der Waals surface area contributed by atoms with Crippen molar-refractivity contribution in [3.05, 3.63) is 65.9 Å². The zero-order chi connectivity index (χ0) is 13.9.